The van der Waals surface area contributed by atoms with Gasteiger partial charge in [-0.3, -0.25) is 9.59 Å². The van der Waals surface area contributed by atoms with Crippen molar-refractivity contribution in [2.75, 3.05) is 0 Å². The minimum atomic E-state index is -2.94. The van der Waals surface area contributed by atoms with Gasteiger partial charge in [0.05, 0.1) is 6.20 Å². The van der Waals surface area contributed by atoms with Crippen LogP contribution in [0.2, 0.25) is 0 Å². The van der Waals surface area contributed by atoms with Gasteiger partial charge in [0, 0.05) is 29.4 Å². The van der Waals surface area contributed by atoms with Gasteiger partial charge in [-0.05, 0) is 74.0 Å². The summed E-state index contributed by atoms with van der Waals surface area (Å²) in [5.74, 6) is -1.77. The molecular formula is C31H37F2N3O2. The van der Waals surface area contributed by atoms with E-state index in [1.807, 2.05) is 6.08 Å². The predicted molar refractivity (Wildman–Crippen MR) is 142 cm³/mol. The van der Waals surface area contributed by atoms with Crippen molar-refractivity contribution in [1.82, 2.24) is 15.0 Å². The van der Waals surface area contributed by atoms with E-state index in [4.69, 9.17) is 0 Å². The van der Waals surface area contributed by atoms with Crippen molar-refractivity contribution in [2.24, 2.45) is 28.6 Å². The first-order valence-corrected chi connectivity index (χ1v) is 13.8. The summed E-state index contributed by atoms with van der Waals surface area (Å²) in [4.78, 5) is 25.5. The number of Topliss-reactive ketones (excluding diaryl/α,β-unsaturated/α-hetero) is 1. The summed E-state index contributed by atoms with van der Waals surface area (Å²) >= 11 is 0. The summed E-state index contributed by atoms with van der Waals surface area (Å²) in [6.07, 6.45) is 13.2. The molecule has 2 fully saturated rings. The molecule has 5 unspecified atom stereocenters. The molecule has 1 heterocycles. The second-order valence-corrected chi connectivity index (χ2v) is 12.1. The van der Waals surface area contributed by atoms with Gasteiger partial charge in [-0.2, -0.15) is 0 Å². The Morgan fingerprint density at radius 1 is 1.18 bits per heavy atom. The van der Waals surface area contributed by atoms with Crippen LogP contribution in [0, 0.1) is 28.6 Å². The SMILES string of the molecule is CCC1=CC(=O)C=CC1(C)C1CCC2(C)C(CCC2C(=O)Cn2cc(-c3cccc(C(C)(F)F)c3)nn2)C1. The monoisotopic (exact) mass is 521 g/mol. The Bertz CT molecular complexity index is 1310. The van der Waals surface area contributed by atoms with E-state index in [0.717, 1.165) is 45.4 Å². The third kappa shape index (κ3) is 4.69. The van der Waals surface area contributed by atoms with Crippen LogP contribution in [0.25, 0.3) is 11.3 Å². The highest BCUT2D eigenvalue weighted by Crippen LogP contribution is 2.60. The molecule has 38 heavy (non-hydrogen) atoms. The summed E-state index contributed by atoms with van der Waals surface area (Å²) in [6, 6.07) is 6.13. The fourth-order valence-electron chi connectivity index (χ4n) is 7.45. The maximum Gasteiger partial charge on any atom is 0.270 e. The number of benzene rings is 1. The zero-order valence-electron chi connectivity index (χ0n) is 22.7. The largest absolute Gasteiger partial charge is 0.297 e. The van der Waals surface area contributed by atoms with Gasteiger partial charge in [0.15, 0.2) is 11.6 Å². The van der Waals surface area contributed by atoms with Gasteiger partial charge >= 0.3 is 0 Å². The molecule has 0 amide bonds. The van der Waals surface area contributed by atoms with Gasteiger partial charge in [-0.1, -0.05) is 55.8 Å². The standard InChI is InChI=1S/C31H37F2N3O2/c1-5-21-17-25(37)12-14-29(21,2)23-11-13-30(3)22(16-23)9-10-26(30)28(38)19-36-18-27(34-35-36)20-7-6-8-24(15-20)31(4,32)33/h6-8,12,14-15,17-18,22-23,26H,5,9-11,13,16,19H2,1-4H3. The van der Waals surface area contributed by atoms with Crippen LogP contribution in [-0.4, -0.2) is 26.6 Å². The fourth-order valence-corrected chi connectivity index (χ4v) is 7.45. The van der Waals surface area contributed by atoms with Gasteiger partial charge < -0.3 is 0 Å². The first kappa shape index (κ1) is 26.6. The molecular weight excluding hydrogens is 484 g/mol. The van der Waals surface area contributed by atoms with E-state index >= 15 is 0 Å². The molecule has 5 nitrogen and oxygen atoms in total. The van der Waals surface area contributed by atoms with Crippen molar-refractivity contribution in [3.8, 4) is 11.3 Å². The van der Waals surface area contributed by atoms with Crippen molar-refractivity contribution in [2.45, 2.75) is 78.7 Å². The molecule has 2 aromatic rings. The Kier molecular flexibility index (Phi) is 6.77. The number of halogens is 2. The molecule has 0 bridgehead atoms. The van der Waals surface area contributed by atoms with Gasteiger partial charge in [-0.25, -0.2) is 13.5 Å². The van der Waals surface area contributed by atoms with Crippen LogP contribution >= 0.6 is 0 Å². The van der Waals surface area contributed by atoms with Gasteiger partial charge in [0.1, 0.15) is 12.2 Å². The second-order valence-electron chi connectivity index (χ2n) is 12.1. The van der Waals surface area contributed by atoms with E-state index < -0.39 is 5.92 Å². The number of fused-ring (bicyclic) bond motifs is 1. The van der Waals surface area contributed by atoms with E-state index in [9.17, 15) is 18.4 Å². The molecule has 5 atom stereocenters. The Morgan fingerprint density at radius 2 is 1.97 bits per heavy atom. The van der Waals surface area contributed by atoms with Crippen molar-refractivity contribution >= 4 is 11.6 Å². The molecule has 3 aliphatic rings. The maximum atomic E-state index is 13.8. The van der Waals surface area contributed by atoms with Crippen molar-refractivity contribution in [3.05, 3.63) is 59.8 Å². The van der Waals surface area contributed by atoms with Gasteiger partial charge in [0.25, 0.3) is 5.92 Å². The lowest BCUT2D eigenvalue weighted by molar-refractivity contribution is -0.128. The van der Waals surface area contributed by atoms with Crippen LogP contribution in [0.15, 0.2) is 54.3 Å². The number of nitrogens with zero attached hydrogens (tertiary/aromatic N) is 3. The average Bonchev–Trinajstić information content (AvgIpc) is 3.48. The molecule has 1 aromatic carbocycles. The number of carbonyl (C=O) groups excluding carboxylic acids is 2. The molecule has 7 heteroatoms. The number of carbonyl (C=O) groups is 2. The Balaban J connectivity index is 1.27. The highest BCUT2D eigenvalue weighted by Gasteiger charge is 2.54. The van der Waals surface area contributed by atoms with Gasteiger partial charge in [-0.15, -0.1) is 5.10 Å². The number of alkyl halides is 2. The quantitative estimate of drug-likeness (QED) is 0.396. The molecule has 0 N–H and O–H groups in total. The minimum absolute atomic E-state index is 0.0271. The average molecular weight is 522 g/mol. The number of hydrogen-bond acceptors (Lipinski definition) is 4. The molecule has 202 valence electrons. The molecule has 5 rings (SSSR count). The van der Waals surface area contributed by atoms with Crippen molar-refractivity contribution < 1.29 is 18.4 Å². The smallest absolute Gasteiger partial charge is 0.270 e. The zero-order chi connectivity index (χ0) is 27.3. The maximum absolute atomic E-state index is 13.8. The Hall–Kier alpha value is -2.96. The summed E-state index contributed by atoms with van der Waals surface area (Å²) in [7, 11) is 0. The summed E-state index contributed by atoms with van der Waals surface area (Å²) in [6.45, 7) is 7.69. The lowest BCUT2D eigenvalue weighted by atomic mass is 9.55. The predicted octanol–water partition coefficient (Wildman–Crippen LogP) is 6.94. The highest BCUT2D eigenvalue weighted by molar-refractivity contribution is 6.01. The lowest BCUT2D eigenvalue weighted by Crippen LogP contribution is -2.43. The van der Waals surface area contributed by atoms with Crippen LogP contribution in [0.5, 0.6) is 0 Å². The Morgan fingerprint density at radius 3 is 2.71 bits per heavy atom. The number of allylic oxidation sites excluding steroid dienone is 4. The topological polar surface area (TPSA) is 64.8 Å². The second kappa shape index (κ2) is 9.65. The summed E-state index contributed by atoms with van der Waals surface area (Å²) < 4.78 is 29.1. The van der Waals surface area contributed by atoms with Crippen LogP contribution < -0.4 is 0 Å². The van der Waals surface area contributed by atoms with E-state index in [1.165, 1.54) is 17.7 Å². The summed E-state index contributed by atoms with van der Waals surface area (Å²) in [5, 5.41) is 8.30. The molecule has 1 aromatic heterocycles. The normalized spacial score (nSPS) is 31.3. The van der Waals surface area contributed by atoms with Crippen molar-refractivity contribution in [3.63, 3.8) is 0 Å². The van der Waals surface area contributed by atoms with Crippen molar-refractivity contribution in [1.29, 1.82) is 0 Å². The van der Waals surface area contributed by atoms with E-state index in [2.05, 4.69) is 37.2 Å². The third-order valence-corrected chi connectivity index (χ3v) is 9.87. The highest BCUT2D eigenvalue weighted by atomic mass is 19.3. The third-order valence-electron chi connectivity index (χ3n) is 9.87. The number of hydrogen-bond donors (Lipinski definition) is 0. The van der Waals surface area contributed by atoms with E-state index in [0.29, 0.717) is 23.1 Å². The molecule has 0 saturated heterocycles. The first-order valence-electron chi connectivity index (χ1n) is 13.8. The van der Waals surface area contributed by atoms with Crippen LogP contribution in [0.4, 0.5) is 8.78 Å². The molecule has 0 radical (unpaired) electrons. The molecule has 2 saturated carbocycles. The fraction of sp³-hybridized carbons (Fsp3) is 0.548. The first-order chi connectivity index (χ1) is 17.9. The van der Waals surface area contributed by atoms with Gasteiger partial charge in [0.2, 0.25) is 0 Å². The van der Waals surface area contributed by atoms with Crippen LogP contribution in [0.1, 0.15) is 71.8 Å². The molecule has 0 spiro atoms. The minimum Gasteiger partial charge on any atom is -0.297 e. The van der Waals surface area contributed by atoms with Crippen LogP contribution in [-0.2, 0) is 22.1 Å². The number of aromatic nitrogens is 3. The van der Waals surface area contributed by atoms with E-state index in [1.54, 1.807) is 29.1 Å². The Labute approximate surface area is 223 Å². The molecule has 3 aliphatic carbocycles. The van der Waals surface area contributed by atoms with E-state index in [-0.39, 0.29) is 40.4 Å². The number of rotatable bonds is 7. The zero-order valence-corrected chi connectivity index (χ0v) is 22.7. The number of ketones is 2. The lowest BCUT2D eigenvalue weighted by Gasteiger charge is -2.49. The summed E-state index contributed by atoms with van der Waals surface area (Å²) in [5.41, 5.74) is 2.04. The van der Waals surface area contributed by atoms with Crippen LogP contribution in [0.3, 0.4) is 0 Å². The molecule has 0 aliphatic heterocycles.